The Hall–Kier alpha value is -2.48. The van der Waals surface area contributed by atoms with Gasteiger partial charge in [-0.15, -0.1) is 0 Å². The lowest BCUT2D eigenvalue weighted by Gasteiger charge is -2.49. The number of carbonyl (C=O) groups is 2. The topological polar surface area (TPSA) is 34.1 Å². The number of benzene rings is 2. The molecule has 6 atom stereocenters. The predicted octanol–water partition coefficient (Wildman–Crippen LogP) is 9.67. The van der Waals surface area contributed by atoms with E-state index in [1.54, 1.807) is 22.3 Å². The van der Waals surface area contributed by atoms with Gasteiger partial charge in [-0.2, -0.15) is 0 Å². The minimum atomic E-state index is 0.00103. The molecule has 0 aromatic heterocycles. The molecule has 0 saturated heterocycles. The van der Waals surface area contributed by atoms with Gasteiger partial charge < -0.3 is 0 Å². The summed E-state index contributed by atoms with van der Waals surface area (Å²) in [6.45, 7) is 8.85. The molecule has 3 saturated carbocycles. The molecule has 6 aliphatic rings. The lowest BCUT2D eigenvalue weighted by Crippen LogP contribution is -2.44. The Labute approximate surface area is 253 Å². The van der Waals surface area contributed by atoms with E-state index < -0.39 is 0 Å². The minimum Gasteiger partial charge on any atom is -0.299 e. The highest BCUT2D eigenvalue weighted by atomic mass is 16.1. The van der Waals surface area contributed by atoms with Crippen LogP contribution in [-0.4, -0.2) is 11.6 Å². The van der Waals surface area contributed by atoms with Crippen LogP contribution in [0.15, 0.2) is 42.0 Å². The standard InChI is InChI=1S/C20H26O.C20H24O/c2*1-3-20-11-10-16-15-6-4-13(2)12-14(15)5-7-17(16)18(20)8-9-19(20)21/h4,6,12,16-18H,3,5,7-11H2,1-2H3;4,6,12,18H,3,5,7-11H2,1-2H3/t16?,17?,18?,20-;18?,20-/m00/s1. The van der Waals surface area contributed by atoms with Crippen LogP contribution in [0.4, 0.5) is 0 Å². The molecule has 2 nitrogen and oxygen atoms in total. The summed E-state index contributed by atoms with van der Waals surface area (Å²) in [5, 5.41) is 0. The van der Waals surface area contributed by atoms with Crippen molar-refractivity contribution >= 4 is 17.1 Å². The molecule has 42 heavy (non-hydrogen) atoms. The third kappa shape index (κ3) is 4.17. The Morgan fingerprint density at radius 3 is 2.19 bits per heavy atom. The Morgan fingerprint density at radius 2 is 1.40 bits per heavy atom. The molecule has 2 aromatic carbocycles. The van der Waals surface area contributed by atoms with E-state index in [1.165, 1.54) is 54.4 Å². The fourth-order valence-electron chi connectivity index (χ4n) is 11.2. The van der Waals surface area contributed by atoms with Crippen molar-refractivity contribution in [3.8, 4) is 0 Å². The van der Waals surface area contributed by atoms with Gasteiger partial charge in [-0.25, -0.2) is 0 Å². The summed E-state index contributed by atoms with van der Waals surface area (Å²) in [7, 11) is 0. The molecule has 0 amide bonds. The minimum absolute atomic E-state index is 0.00103. The Bertz CT molecular complexity index is 1460. The van der Waals surface area contributed by atoms with Crippen LogP contribution in [-0.2, 0) is 22.4 Å². The van der Waals surface area contributed by atoms with Crippen molar-refractivity contribution < 1.29 is 9.59 Å². The first-order valence-electron chi connectivity index (χ1n) is 17.3. The van der Waals surface area contributed by atoms with Gasteiger partial charge in [0.05, 0.1) is 0 Å². The number of Topliss-reactive ketones (excluding diaryl/α,β-unsaturated/α-hetero) is 2. The fourth-order valence-corrected chi connectivity index (χ4v) is 11.2. The smallest absolute Gasteiger partial charge is 0.139 e. The number of aryl methyl sites for hydroxylation is 4. The van der Waals surface area contributed by atoms with E-state index in [4.69, 9.17) is 0 Å². The molecule has 0 spiro atoms. The van der Waals surface area contributed by atoms with Gasteiger partial charge in [-0.05, 0) is 142 Å². The van der Waals surface area contributed by atoms with E-state index in [2.05, 4.69) is 64.1 Å². The summed E-state index contributed by atoms with van der Waals surface area (Å²) in [5.41, 5.74) is 12.3. The molecule has 3 fully saturated rings. The quantitative estimate of drug-likeness (QED) is 0.365. The lowest BCUT2D eigenvalue weighted by molar-refractivity contribution is -0.131. The van der Waals surface area contributed by atoms with Crippen molar-refractivity contribution in [2.45, 2.75) is 124 Å². The first-order valence-corrected chi connectivity index (χ1v) is 17.3. The number of ketones is 2. The van der Waals surface area contributed by atoms with Crippen molar-refractivity contribution in [2.24, 2.45) is 28.6 Å². The number of allylic oxidation sites excluding steroid dienone is 2. The molecule has 222 valence electrons. The van der Waals surface area contributed by atoms with Crippen LogP contribution in [0.3, 0.4) is 0 Å². The summed E-state index contributed by atoms with van der Waals surface area (Å²) in [6.07, 6.45) is 15.5. The third-order valence-corrected chi connectivity index (χ3v) is 13.4. The maximum absolute atomic E-state index is 12.5. The molecule has 0 N–H and O–H groups in total. The number of rotatable bonds is 2. The highest BCUT2D eigenvalue weighted by Crippen LogP contribution is 2.61. The van der Waals surface area contributed by atoms with Gasteiger partial charge in [0.2, 0.25) is 0 Å². The zero-order valence-electron chi connectivity index (χ0n) is 26.5. The Morgan fingerprint density at radius 1 is 0.690 bits per heavy atom. The molecular weight excluding hydrogens is 512 g/mol. The van der Waals surface area contributed by atoms with E-state index in [9.17, 15) is 9.59 Å². The van der Waals surface area contributed by atoms with Crippen molar-refractivity contribution in [1.29, 1.82) is 0 Å². The van der Waals surface area contributed by atoms with Crippen LogP contribution in [0.2, 0.25) is 0 Å². The van der Waals surface area contributed by atoms with Gasteiger partial charge in [-0.3, -0.25) is 9.59 Å². The van der Waals surface area contributed by atoms with E-state index in [0.29, 0.717) is 23.4 Å². The van der Waals surface area contributed by atoms with Crippen LogP contribution >= 0.6 is 0 Å². The van der Waals surface area contributed by atoms with Crippen LogP contribution in [0, 0.1) is 42.4 Å². The molecule has 0 radical (unpaired) electrons. The number of carbonyl (C=O) groups excluding carboxylic acids is 2. The zero-order valence-corrected chi connectivity index (χ0v) is 26.5. The normalized spacial score (nSPS) is 34.4. The van der Waals surface area contributed by atoms with E-state index in [-0.39, 0.29) is 10.8 Å². The average Bonchev–Trinajstić information content (AvgIpc) is 3.53. The van der Waals surface area contributed by atoms with Gasteiger partial charge >= 0.3 is 0 Å². The van der Waals surface area contributed by atoms with Gasteiger partial charge in [0.1, 0.15) is 11.6 Å². The summed E-state index contributed by atoms with van der Waals surface area (Å²) in [4.78, 5) is 25.0. The molecule has 2 heteroatoms. The van der Waals surface area contributed by atoms with Crippen molar-refractivity contribution in [3.05, 3.63) is 75.4 Å². The van der Waals surface area contributed by atoms with Gasteiger partial charge in [0, 0.05) is 23.7 Å². The highest BCUT2D eigenvalue weighted by Gasteiger charge is 2.56. The SMILES string of the molecule is CC[C@]12CCC3=C(CCc4cc(C)ccc43)C1CCC2=O.CC[C@]12CCC3c4ccc(C)cc4CCC3C1CCC2=O. The maximum atomic E-state index is 12.5. The monoisotopic (exact) mass is 562 g/mol. The largest absolute Gasteiger partial charge is 0.299 e. The first kappa shape index (κ1) is 28.3. The molecular formula is C40H50O2. The second-order valence-corrected chi connectivity index (χ2v) is 14.8. The van der Waals surface area contributed by atoms with E-state index in [1.807, 2.05) is 0 Å². The van der Waals surface area contributed by atoms with Crippen molar-refractivity contribution in [3.63, 3.8) is 0 Å². The van der Waals surface area contributed by atoms with Crippen LogP contribution in [0.25, 0.3) is 5.57 Å². The molecule has 0 bridgehead atoms. The van der Waals surface area contributed by atoms with E-state index in [0.717, 1.165) is 69.6 Å². The first-order chi connectivity index (χ1) is 20.3. The summed E-state index contributed by atoms with van der Waals surface area (Å²) in [6, 6.07) is 14.0. The highest BCUT2D eigenvalue weighted by molar-refractivity contribution is 5.90. The van der Waals surface area contributed by atoms with Crippen LogP contribution < -0.4 is 0 Å². The van der Waals surface area contributed by atoms with Crippen LogP contribution in [0.5, 0.6) is 0 Å². The Balaban J connectivity index is 0.000000137. The van der Waals surface area contributed by atoms with Gasteiger partial charge in [0.25, 0.3) is 0 Å². The zero-order chi connectivity index (χ0) is 29.2. The number of fused-ring (bicyclic) bond motifs is 9. The Kier molecular flexibility index (Phi) is 7.14. The average molecular weight is 563 g/mol. The molecule has 0 aliphatic heterocycles. The summed E-state index contributed by atoms with van der Waals surface area (Å²) < 4.78 is 0. The van der Waals surface area contributed by atoms with Crippen molar-refractivity contribution in [2.75, 3.05) is 0 Å². The lowest BCUT2D eigenvalue weighted by atomic mass is 9.54. The van der Waals surface area contributed by atoms with Crippen LogP contribution in [0.1, 0.15) is 130 Å². The second-order valence-electron chi connectivity index (χ2n) is 14.8. The number of hydrogen-bond acceptors (Lipinski definition) is 2. The molecule has 4 unspecified atom stereocenters. The number of hydrogen-bond donors (Lipinski definition) is 0. The predicted molar refractivity (Wildman–Crippen MR) is 172 cm³/mol. The molecule has 6 aliphatic carbocycles. The molecule has 2 aromatic rings. The van der Waals surface area contributed by atoms with Gasteiger partial charge in [0.15, 0.2) is 0 Å². The molecule has 8 rings (SSSR count). The van der Waals surface area contributed by atoms with Crippen molar-refractivity contribution in [1.82, 2.24) is 0 Å². The van der Waals surface area contributed by atoms with E-state index >= 15 is 0 Å². The summed E-state index contributed by atoms with van der Waals surface area (Å²) in [5.74, 6) is 3.85. The maximum Gasteiger partial charge on any atom is 0.139 e. The summed E-state index contributed by atoms with van der Waals surface area (Å²) >= 11 is 0. The fraction of sp³-hybridized carbons (Fsp3) is 0.600. The molecule has 0 heterocycles. The second kappa shape index (κ2) is 10.6. The third-order valence-electron chi connectivity index (χ3n) is 13.4. The van der Waals surface area contributed by atoms with Gasteiger partial charge in [-0.1, -0.05) is 66.9 Å².